The zero-order chi connectivity index (χ0) is 15.5. The maximum absolute atomic E-state index is 12.2. The van der Waals surface area contributed by atoms with Gasteiger partial charge in [-0.05, 0) is 52.3 Å². The van der Waals surface area contributed by atoms with E-state index < -0.39 is 0 Å². The number of phenolic OH excluding ortho intramolecular Hbond substituents is 1. The van der Waals surface area contributed by atoms with Crippen molar-refractivity contribution in [1.29, 1.82) is 0 Å². The number of phenols is 1. The molecule has 0 radical (unpaired) electrons. The monoisotopic (exact) mass is 357 g/mol. The number of para-hydroxylation sites is 2. The van der Waals surface area contributed by atoms with E-state index >= 15 is 0 Å². The van der Waals surface area contributed by atoms with Gasteiger partial charge in [-0.2, -0.15) is 5.10 Å². The van der Waals surface area contributed by atoms with Crippen molar-refractivity contribution < 1.29 is 9.90 Å². The van der Waals surface area contributed by atoms with E-state index in [1.807, 2.05) is 6.20 Å². The summed E-state index contributed by atoms with van der Waals surface area (Å²) < 4.78 is 2.59. The highest BCUT2D eigenvalue weighted by molar-refractivity contribution is 9.10. The number of amides is 1. The number of carbonyl (C=O) groups excluding carboxylic acids is 1. The topological polar surface area (TPSA) is 67.2 Å². The van der Waals surface area contributed by atoms with Crippen LogP contribution in [0.2, 0.25) is 0 Å². The number of benzene rings is 2. The number of anilines is 1. The summed E-state index contributed by atoms with van der Waals surface area (Å²) in [7, 11) is 0. The lowest BCUT2D eigenvalue weighted by molar-refractivity contribution is 0.102. The van der Waals surface area contributed by atoms with Crippen LogP contribution < -0.4 is 5.32 Å². The van der Waals surface area contributed by atoms with Crippen molar-refractivity contribution in [1.82, 2.24) is 9.78 Å². The normalized spacial score (nSPS) is 10.4. The second kappa shape index (κ2) is 6.03. The predicted molar refractivity (Wildman–Crippen MR) is 87.3 cm³/mol. The molecule has 0 unspecified atom stereocenters. The van der Waals surface area contributed by atoms with Crippen LogP contribution >= 0.6 is 15.9 Å². The van der Waals surface area contributed by atoms with Crippen LogP contribution in [0.25, 0.3) is 5.69 Å². The molecule has 0 spiro atoms. The van der Waals surface area contributed by atoms with Crippen LogP contribution in [0.3, 0.4) is 0 Å². The van der Waals surface area contributed by atoms with Crippen LogP contribution in [-0.2, 0) is 0 Å². The molecule has 0 aliphatic rings. The molecule has 0 aliphatic heterocycles. The third kappa shape index (κ3) is 3.01. The Hall–Kier alpha value is -2.60. The summed E-state index contributed by atoms with van der Waals surface area (Å²) in [5, 5.41) is 16.5. The van der Waals surface area contributed by atoms with Gasteiger partial charge in [-0.15, -0.1) is 0 Å². The largest absolute Gasteiger partial charge is 0.506 e. The lowest BCUT2D eigenvalue weighted by Gasteiger charge is -2.07. The SMILES string of the molecule is O=C(Nc1ccccc1O)c1ccc(-n2cc(Br)cn2)cc1. The van der Waals surface area contributed by atoms with Crippen molar-refractivity contribution >= 4 is 27.5 Å². The number of hydrogen-bond donors (Lipinski definition) is 2. The summed E-state index contributed by atoms with van der Waals surface area (Å²) in [6.07, 6.45) is 3.52. The van der Waals surface area contributed by atoms with E-state index in [0.717, 1.165) is 10.2 Å². The molecule has 2 aromatic carbocycles. The van der Waals surface area contributed by atoms with Gasteiger partial charge in [0.1, 0.15) is 5.75 Å². The molecule has 3 rings (SSSR count). The number of aromatic hydroxyl groups is 1. The average Bonchev–Trinajstić information content (AvgIpc) is 2.96. The van der Waals surface area contributed by atoms with Gasteiger partial charge in [-0.3, -0.25) is 4.79 Å². The Kier molecular flexibility index (Phi) is 3.93. The highest BCUT2D eigenvalue weighted by Crippen LogP contribution is 2.22. The Balaban J connectivity index is 1.78. The van der Waals surface area contributed by atoms with E-state index in [2.05, 4.69) is 26.3 Å². The summed E-state index contributed by atoms with van der Waals surface area (Å²) in [5.74, 6) is -0.247. The molecule has 3 aromatic rings. The van der Waals surface area contributed by atoms with Crippen molar-refractivity contribution in [2.24, 2.45) is 0 Å². The van der Waals surface area contributed by atoms with Crippen LogP contribution in [0, 0.1) is 0 Å². The smallest absolute Gasteiger partial charge is 0.255 e. The van der Waals surface area contributed by atoms with Gasteiger partial charge in [0.15, 0.2) is 0 Å². The van der Waals surface area contributed by atoms with Crippen LogP contribution in [0.15, 0.2) is 65.4 Å². The van der Waals surface area contributed by atoms with E-state index in [1.54, 1.807) is 53.3 Å². The number of nitrogens with one attached hydrogen (secondary N) is 1. The third-order valence-corrected chi connectivity index (χ3v) is 3.51. The molecular formula is C16H12BrN3O2. The third-order valence-electron chi connectivity index (χ3n) is 3.10. The lowest BCUT2D eigenvalue weighted by Crippen LogP contribution is -2.12. The molecule has 0 saturated carbocycles. The molecule has 22 heavy (non-hydrogen) atoms. The number of hydrogen-bond acceptors (Lipinski definition) is 3. The summed E-state index contributed by atoms with van der Waals surface area (Å²) in [6.45, 7) is 0. The van der Waals surface area contributed by atoms with E-state index in [0.29, 0.717) is 11.3 Å². The van der Waals surface area contributed by atoms with Crippen molar-refractivity contribution in [3.8, 4) is 11.4 Å². The summed E-state index contributed by atoms with van der Waals surface area (Å²) in [5.41, 5.74) is 1.73. The molecule has 0 bridgehead atoms. The number of rotatable bonds is 3. The molecule has 1 amide bonds. The quantitative estimate of drug-likeness (QED) is 0.703. The second-order valence-electron chi connectivity index (χ2n) is 4.62. The second-order valence-corrected chi connectivity index (χ2v) is 5.54. The highest BCUT2D eigenvalue weighted by Gasteiger charge is 2.09. The zero-order valence-corrected chi connectivity index (χ0v) is 13.0. The minimum Gasteiger partial charge on any atom is -0.506 e. The molecule has 2 N–H and O–H groups in total. The van der Waals surface area contributed by atoms with Crippen molar-refractivity contribution in [3.05, 3.63) is 71.0 Å². The molecule has 110 valence electrons. The first-order valence-electron chi connectivity index (χ1n) is 6.53. The van der Waals surface area contributed by atoms with E-state index in [9.17, 15) is 9.90 Å². The molecule has 1 heterocycles. The Bertz CT molecular complexity index is 812. The molecule has 1 aromatic heterocycles. The van der Waals surface area contributed by atoms with Gasteiger partial charge in [0, 0.05) is 11.8 Å². The fourth-order valence-electron chi connectivity index (χ4n) is 1.98. The molecule has 5 nitrogen and oxygen atoms in total. The Morgan fingerprint density at radius 1 is 1.14 bits per heavy atom. The molecule has 0 saturated heterocycles. The molecule has 6 heteroatoms. The summed E-state index contributed by atoms with van der Waals surface area (Å²) in [4.78, 5) is 12.2. The maximum atomic E-state index is 12.2. The fourth-order valence-corrected chi connectivity index (χ4v) is 2.27. The van der Waals surface area contributed by atoms with E-state index in [4.69, 9.17) is 0 Å². The van der Waals surface area contributed by atoms with Gasteiger partial charge in [-0.1, -0.05) is 12.1 Å². The van der Waals surface area contributed by atoms with Crippen LogP contribution in [0.4, 0.5) is 5.69 Å². The number of carbonyl (C=O) groups is 1. The first kappa shape index (κ1) is 14.3. The van der Waals surface area contributed by atoms with Gasteiger partial charge in [-0.25, -0.2) is 4.68 Å². The fraction of sp³-hybridized carbons (Fsp3) is 0. The summed E-state index contributed by atoms with van der Waals surface area (Å²) in [6, 6.07) is 13.6. The standard InChI is InChI=1S/C16H12BrN3O2/c17-12-9-18-20(10-12)13-7-5-11(6-8-13)16(22)19-14-3-1-2-4-15(14)21/h1-10,21H,(H,19,22). The Morgan fingerprint density at radius 3 is 2.50 bits per heavy atom. The number of halogens is 1. The first-order chi connectivity index (χ1) is 10.6. The average molecular weight is 358 g/mol. The van der Waals surface area contributed by atoms with Crippen molar-refractivity contribution in [2.45, 2.75) is 0 Å². The Morgan fingerprint density at radius 2 is 1.86 bits per heavy atom. The summed E-state index contributed by atoms with van der Waals surface area (Å²) >= 11 is 3.34. The van der Waals surface area contributed by atoms with Gasteiger partial charge in [0.25, 0.3) is 5.91 Å². The van der Waals surface area contributed by atoms with Crippen LogP contribution in [0.1, 0.15) is 10.4 Å². The predicted octanol–water partition coefficient (Wildman–Crippen LogP) is 3.59. The lowest BCUT2D eigenvalue weighted by atomic mass is 10.2. The minimum atomic E-state index is -0.283. The number of nitrogens with zero attached hydrogens (tertiary/aromatic N) is 2. The molecular weight excluding hydrogens is 346 g/mol. The van der Waals surface area contributed by atoms with E-state index in [-0.39, 0.29) is 11.7 Å². The van der Waals surface area contributed by atoms with Crippen LogP contribution in [-0.4, -0.2) is 20.8 Å². The zero-order valence-electron chi connectivity index (χ0n) is 11.4. The molecule has 0 aliphatic carbocycles. The van der Waals surface area contributed by atoms with E-state index in [1.165, 1.54) is 6.07 Å². The Labute approximate surface area is 135 Å². The van der Waals surface area contributed by atoms with Gasteiger partial charge >= 0.3 is 0 Å². The minimum absolute atomic E-state index is 0.0360. The maximum Gasteiger partial charge on any atom is 0.255 e. The number of aromatic nitrogens is 2. The highest BCUT2D eigenvalue weighted by atomic mass is 79.9. The van der Waals surface area contributed by atoms with Gasteiger partial charge in [0.05, 0.1) is 22.0 Å². The molecule has 0 atom stereocenters. The van der Waals surface area contributed by atoms with Crippen molar-refractivity contribution in [3.63, 3.8) is 0 Å². The van der Waals surface area contributed by atoms with Gasteiger partial charge < -0.3 is 10.4 Å². The van der Waals surface area contributed by atoms with Gasteiger partial charge in [0.2, 0.25) is 0 Å². The van der Waals surface area contributed by atoms with Crippen LogP contribution in [0.5, 0.6) is 5.75 Å². The van der Waals surface area contributed by atoms with Crippen molar-refractivity contribution in [2.75, 3.05) is 5.32 Å². The molecule has 0 fully saturated rings. The first-order valence-corrected chi connectivity index (χ1v) is 7.33.